The number of methoxy groups -OCH3 is 1. The van der Waals surface area contributed by atoms with Crippen molar-refractivity contribution in [2.75, 3.05) is 11.4 Å². The Morgan fingerprint density at radius 3 is 2.25 bits per heavy atom. The van der Waals surface area contributed by atoms with E-state index in [1.54, 1.807) is 65.2 Å². The summed E-state index contributed by atoms with van der Waals surface area (Å²) >= 11 is 0. The third-order valence-corrected chi connectivity index (χ3v) is 9.32. The Bertz CT molecular complexity index is 2160. The summed E-state index contributed by atoms with van der Waals surface area (Å²) in [6, 6.07) is 32.7. The maximum Gasteiger partial charge on any atom is 0.335 e. The first kappa shape index (κ1) is 32.0. The van der Waals surface area contributed by atoms with Gasteiger partial charge in [0, 0.05) is 0 Å². The number of rotatable bonds is 12. The van der Waals surface area contributed by atoms with Gasteiger partial charge in [0.1, 0.15) is 34.3 Å². The predicted molar refractivity (Wildman–Crippen MR) is 177 cm³/mol. The Morgan fingerprint density at radius 1 is 0.854 bits per heavy atom. The van der Waals surface area contributed by atoms with Crippen LogP contribution in [0.2, 0.25) is 0 Å². The van der Waals surface area contributed by atoms with Crippen LogP contribution in [0.25, 0.3) is 11.1 Å². The van der Waals surface area contributed by atoms with Crippen LogP contribution < -0.4 is 13.8 Å². The van der Waals surface area contributed by atoms with Crippen LogP contribution in [0.3, 0.4) is 0 Å². The maximum absolute atomic E-state index is 14.7. The highest BCUT2D eigenvalue weighted by Crippen LogP contribution is 2.36. The molecule has 0 bridgehead atoms. The molecule has 242 valence electrons. The molecule has 10 nitrogen and oxygen atoms in total. The summed E-state index contributed by atoms with van der Waals surface area (Å²) in [4.78, 5) is 11.3. The summed E-state index contributed by atoms with van der Waals surface area (Å²) in [5, 5.41) is 17.5. The zero-order valence-corrected chi connectivity index (χ0v) is 26.4. The first-order valence-corrected chi connectivity index (χ1v) is 16.1. The number of aromatic carboxylic acids is 1. The molecule has 0 atom stereocenters. The van der Waals surface area contributed by atoms with Crippen LogP contribution in [0.15, 0.2) is 133 Å². The fraction of sp³-hybridized carbons (Fsp3) is 0.0833. The lowest BCUT2D eigenvalue weighted by molar-refractivity contribution is 0.0697. The van der Waals surface area contributed by atoms with Gasteiger partial charge in [-0.05, 0) is 89.5 Å². The van der Waals surface area contributed by atoms with E-state index in [-0.39, 0.29) is 29.3 Å². The second-order valence-corrected chi connectivity index (χ2v) is 12.5. The number of halogens is 1. The number of benzene rings is 5. The summed E-state index contributed by atoms with van der Waals surface area (Å²) in [5.41, 5.74) is 2.22. The summed E-state index contributed by atoms with van der Waals surface area (Å²) in [7, 11) is -2.98. The van der Waals surface area contributed by atoms with Gasteiger partial charge in [-0.25, -0.2) is 17.6 Å². The van der Waals surface area contributed by atoms with Crippen LogP contribution in [-0.4, -0.2) is 41.4 Å². The van der Waals surface area contributed by atoms with E-state index in [1.807, 2.05) is 30.3 Å². The first-order valence-electron chi connectivity index (χ1n) is 14.7. The number of carboxylic acid groups (broad SMARTS) is 1. The normalized spacial score (nSPS) is 11.2. The van der Waals surface area contributed by atoms with Crippen LogP contribution >= 0.6 is 0 Å². The lowest BCUT2D eigenvalue weighted by Gasteiger charge is -2.26. The van der Waals surface area contributed by atoms with Gasteiger partial charge in [-0.1, -0.05) is 48.5 Å². The Kier molecular flexibility index (Phi) is 9.17. The molecule has 6 rings (SSSR count). The van der Waals surface area contributed by atoms with Crippen LogP contribution in [0.4, 0.5) is 10.1 Å². The topological polar surface area (TPSA) is 124 Å². The Morgan fingerprint density at radius 2 is 1.56 bits per heavy atom. The Balaban J connectivity index is 1.40. The quantitative estimate of drug-likeness (QED) is 0.148. The molecule has 0 unspecified atom stereocenters. The fourth-order valence-electron chi connectivity index (χ4n) is 5.10. The number of anilines is 1. The van der Waals surface area contributed by atoms with Crippen LogP contribution in [0.1, 0.15) is 21.7 Å². The van der Waals surface area contributed by atoms with Crippen molar-refractivity contribution in [2.24, 2.45) is 0 Å². The van der Waals surface area contributed by atoms with Gasteiger partial charge >= 0.3 is 5.97 Å². The number of ether oxygens (including phenoxy) is 2. The molecule has 0 aliphatic rings. The zero-order chi connectivity index (χ0) is 33.7. The number of nitrogens with zero attached hydrogens (tertiary/aromatic N) is 4. The number of carboxylic acids is 1. The summed E-state index contributed by atoms with van der Waals surface area (Å²) < 4.78 is 57.6. The largest absolute Gasteiger partial charge is 0.495 e. The molecule has 0 saturated heterocycles. The van der Waals surface area contributed by atoms with E-state index in [4.69, 9.17) is 9.47 Å². The van der Waals surface area contributed by atoms with E-state index < -0.39 is 21.8 Å². The van der Waals surface area contributed by atoms with E-state index >= 15 is 0 Å². The van der Waals surface area contributed by atoms with Crippen molar-refractivity contribution in [3.63, 3.8) is 0 Å². The highest BCUT2D eigenvalue weighted by Gasteiger charge is 2.30. The van der Waals surface area contributed by atoms with Crippen molar-refractivity contribution in [3.05, 3.63) is 150 Å². The maximum atomic E-state index is 14.7. The highest BCUT2D eigenvalue weighted by molar-refractivity contribution is 7.93. The van der Waals surface area contributed by atoms with Gasteiger partial charge in [0.25, 0.3) is 10.0 Å². The van der Waals surface area contributed by atoms with Crippen LogP contribution in [-0.2, 0) is 23.1 Å². The average molecular weight is 665 g/mol. The molecule has 5 aromatic carbocycles. The SMILES string of the molecule is COc1ccc(-c2ccc(C(=O)O)cc2)cc1S(=O)(=O)N(Cc1nncn1Cc1cccc(F)c1)c1ccc(Oc2ccccc2)cc1. The molecule has 6 aromatic rings. The molecule has 48 heavy (non-hydrogen) atoms. The van der Waals surface area contributed by atoms with Gasteiger partial charge in [-0.2, -0.15) is 0 Å². The van der Waals surface area contributed by atoms with Gasteiger partial charge in [-0.15, -0.1) is 10.2 Å². The van der Waals surface area contributed by atoms with Crippen molar-refractivity contribution < 1.29 is 32.2 Å². The number of hydrogen-bond acceptors (Lipinski definition) is 7. The molecule has 0 fully saturated rings. The van der Waals surface area contributed by atoms with Gasteiger partial charge < -0.3 is 19.1 Å². The molecule has 1 N–H and O–H groups in total. The third-order valence-electron chi connectivity index (χ3n) is 7.52. The molecular formula is C36H29FN4O6S. The zero-order valence-electron chi connectivity index (χ0n) is 25.6. The minimum absolute atomic E-state index is 0.105. The van der Waals surface area contributed by atoms with Gasteiger partial charge in [0.05, 0.1) is 31.5 Å². The fourth-order valence-corrected chi connectivity index (χ4v) is 6.70. The minimum Gasteiger partial charge on any atom is -0.495 e. The number of sulfonamides is 1. The van der Waals surface area contributed by atoms with Crippen molar-refractivity contribution in [1.29, 1.82) is 0 Å². The second kappa shape index (κ2) is 13.8. The Labute approximate surface area is 276 Å². The number of para-hydroxylation sites is 1. The van der Waals surface area contributed by atoms with E-state index in [0.29, 0.717) is 39.7 Å². The second-order valence-electron chi connectivity index (χ2n) is 10.7. The van der Waals surface area contributed by atoms with Gasteiger partial charge in [0.15, 0.2) is 5.82 Å². The van der Waals surface area contributed by atoms with Crippen LogP contribution in [0, 0.1) is 5.82 Å². The summed E-state index contributed by atoms with van der Waals surface area (Å²) in [6.07, 6.45) is 1.46. The molecule has 12 heteroatoms. The van der Waals surface area contributed by atoms with E-state index in [1.165, 1.54) is 48.1 Å². The van der Waals surface area contributed by atoms with Crippen molar-refractivity contribution in [2.45, 2.75) is 18.0 Å². The number of carbonyl (C=O) groups is 1. The lowest BCUT2D eigenvalue weighted by Crippen LogP contribution is -2.32. The molecular weight excluding hydrogens is 635 g/mol. The number of aromatic nitrogens is 3. The van der Waals surface area contributed by atoms with Gasteiger partial charge in [-0.3, -0.25) is 4.31 Å². The lowest BCUT2D eigenvalue weighted by atomic mass is 10.0. The molecule has 0 saturated carbocycles. The Hall–Kier alpha value is -6.01. The van der Waals surface area contributed by atoms with Crippen molar-refractivity contribution >= 4 is 21.7 Å². The highest BCUT2D eigenvalue weighted by atomic mass is 32.2. The van der Waals surface area contributed by atoms with E-state index in [0.717, 1.165) is 0 Å². The molecule has 0 aliphatic carbocycles. The van der Waals surface area contributed by atoms with Crippen molar-refractivity contribution in [1.82, 2.24) is 14.8 Å². The predicted octanol–water partition coefficient (Wildman–Crippen LogP) is 7.03. The monoisotopic (exact) mass is 664 g/mol. The van der Waals surface area contributed by atoms with E-state index in [2.05, 4.69) is 10.2 Å². The third kappa shape index (κ3) is 7.03. The minimum atomic E-state index is -4.36. The van der Waals surface area contributed by atoms with E-state index in [9.17, 15) is 22.7 Å². The molecule has 1 heterocycles. The smallest absolute Gasteiger partial charge is 0.335 e. The standard InChI is InChI=1S/C36H29FN4O6S/c1-46-33-19-14-28(26-10-12-27(13-11-26)36(42)43)21-34(33)48(44,45)41(30-15-17-32(18-16-30)47-31-8-3-2-4-9-31)23-35-39-38-24-40(35)22-25-6-5-7-29(37)20-25/h2-21,24H,22-23H2,1H3,(H,42,43). The molecule has 1 aromatic heterocycles. The molecule has 0 amide bonds. The molecule has 0 radical (unpaired) electrons. The summed E-state index contributed by atoms with van der Waals surface area (Å²) in [5.74, 6) is 0.0800. The summed E-state index contributed by atoms with van der Waals surface area (Å²) in [6.45, 7) is -0.0137. The molecule has 0 aliphatic heterocycles. The van der Waals surface area contributed by atoms with Gasteiger partial charge in [0.2, 0.25) is 0 Å². The average Bonchev–Trinajstić information content (AvgIpc) is 3.54. The van der Waals surface area contributed by atoms with Crippen LogP contribution in [0.5, 0.6) is 17.2 Å². The van der Waals surface area contributed by atoms with Crippen molar-refractivity contribution in [3.8, 4) is 28.4 Å². The first-order chi connectivity index (χ1) is 23.2. The number of hydrogen-bond donors (Lipinski definition) is 1. The molecule has 0 spiro atoms.